The van der Waals surface area contributed by atoms with Gasteiger partial charge in [-0.15, -0.1) is 0 Å². The van der Waals surface area contributed by atoms with Crippen LogP contribution in [0.3, 0.4) is 0 Å². The zero-order valence-electron chi connectivity index (χ0n) is 5.43. The molecule has 0 aliphatic rings. The molecular weight excluding hydrogens is 256 g/mol. The van der Waals surface area contributed by atoms with E-state index in [1.807, 2.05) is 18.2 Å². The molecule has 0 spiro atoms. The predicted molar refractivity (Wildman–Crippen MR) is 51.9 cm³/mol. The van der Waals surface area contributed by atoms with Crippen molar-refractivity contribution >= 4 is 31.9 Å². The van der Waals surface area contributed by atoms with Crippen molar-refractivity contribution in [2.24, 2.45) is 0 Å². The lowest BCUT2D eigenvalue weighted by Gasteiger charge is -2.03. The summed E-state index contributed by atoms with van der Waals surface area (Å²) in [7, 11) is 0. The Kier molecular flexibility index (Phi) is 3.43. The van der Waals surface area contributed by atoms with Gasteiger partial charge in [0.1, 0.15) is 0 Å². The molecule has 0 aliphatic heterocycles. The summed E-state index contributed by atoms with van der Waals surface area (Å²) in [6, 6.07) is 10.3. The van der Waals surface area contributed by atoms with E-state index in [2.05, 4.69) is 44.0 Å². The fourth-order valence-electron chi connectivity index (χ4n) is 0.751. The van der Waals surface area contributed by atoms with Gasteiger partial charge >= 0.3 is 0 Å². The first-order valence-electron chi connectivity index (χ1n) is 3.09. The molecule has 54 valence electrons. The third-order valence-electron chi connectivity index (χ3n) is 1.30. The van der Waals surface area contributed by atoms with E-state index in [-0.39, 0.29) is 0 Å². The van der Waals surface area contributed by atoms with Gasteiger partial charge in [-0.2, -0.15) is 0 Å². The van der Waals surface area contributed by atoms with E-state index in [1.165, 1.54) is 5.56 Å². The Balaban J connectivity index is 2.75. The van der Waals surface area contributed by atoms with Crippen molar-refractivity contribution in [2.75, 3.05) is 5.33 Å². The van der Waals surface area contributed by atoms with E-state index < -0.39 is 0 Å². The van der Waals surface area contributed by atoms with E-state index >= 15 is 0 Å². The van der Waals surface area contributed by atoms with Crippen molar-refractivity contribution < 1.29 is 0 Å². The van der Waals surface area contributed by atoms with E-state index in [0.717, 1.165) is 5.33 Å². The van der Waals surface area contributed by atoms with Crippen LogP contribution in [0.15, 0.2) is 30.3 Å². The summed E-state index contributed by atoms with van der Waals surface area (Å²) in [4.78, 5) is 0.439. The molecule has 10 heavy (non-hydrogen) atoms. The van der Waals surface area contributed by atoms with Crippen molar-refractivity contribution in [2.45, 2.75) is 4.83 Å². The highest BCUT2D eigenvalue weighted by Crippen LogP contribution is 2.23. The second-order valence-electron chi connectivity index (χ2n) is 2.03. The van der Waals surface area contributed by atoms with Gasteiger partial charge in [0.05, 0.1) is 0 Å². The van der Waals surface area contributed by atoms with Gasteiger partial charge in [-0.3, -0.25) is 0 Å². The summed E-state index contributed by atoms with van der Waals surface area (Å²) in [5.41, 5.74) is 1.32. The molecule has 0 aliphatic carbocycles. The fourth-order valence-corrected chi connectivity index (χ4v) is 1.43. The van der Waals surface area contributed by atoms with Crippen LogP contribution in [0.5, 0.6) is 0 Å². The third-order valence-corrected chi connectivity index (χ3v) is 3.67. The lowest BCUT2D eigenvalue weighted by Crippen LogP contribution is -1.88. The maximum atomic E-state index is 3.54. The highest BCUT2D eigenvalue weighted by Gasteiger charge is 2.02. The molecule has 1 rings (SSSR count). The lowest BCUT2D eigenvalue weighted by molar-refractivity contribution is 1.15. The second-order valence-corrected chi connectivity index (χ2v) is 3.79. The van der Waals surface area contributed by atoms with E-state index in [1.54, 1.807) is 0 Å². The van der Waals surface area contributed by atoms with Crippen molar-refractivity contribution in [3.8, 4) is 0 Å². The topological polar surface area (TPSA) is 0 Å². The maximum absolute atomic E-state index is 3.54. The van der Waals surface area contributed by atoms with Gasteiger partial charge in [0.25, 0.3) is 0 Å². The van der Waals surface area contributed by atoms with Crippen LogP contribution in [0.25, 0.3) is 0 Å². The Morgan fingerprint density at radius 2 is 1.80 bits per heavy atom. The summed E-state index contributed by atoms with van der Waals surface area (Å²) < 4.78 is 0. The second kappa shape index (κ2) is 4.14. The number of hydrogen-bond acceptors (Lipinski definition) is 0. The molecule has 0 saturated heterocycles. The van der Waals surface area contributed by atoms with Gasteiger partial charge in [0.2, 0.25) is 0 Å². The number of benzene rings is 1. The Morgan fingerprint density at radius 1 is 1.20 bits per heavy atom. The minimum absolute atomic E-state index is 0.439. The lowest BCUT2D eigenvalue weighted by atomic mass is 10.2. The number of rotatable bonds is 2. The van der Waals surface area contributed by atoms with Crippen LogP contribution in [-0.2, 0) is 0 Å². The third kappa shape index (κ3) is 2.10. The minimum Gasteiger partial charge on any atom is -0.0912 e. The molecule has 2 heteroatoms. The molecular formula is C8H8Br2. The Labute approximate surface area is 77.9 Å². The van der Waals surface area contributed by atoms with Crippen LogP contribution in [-0.4, -0.2) is 5.33 Å². The molecule has 0 saturated carbocycles. The summed E-state index contributed by atoms with van der Waals surface area (Å²) in [5, 5.41) is 0.955. The van der Waals surface area contributed by atoms with Crippen LogP contribution < -0.4 is 0 Å². The van der Waals surface area contributed by atoms with Gasteiger partial charge in [-0.25, -0.2) is 0 Å². The highest BCUT2D eigenvalue weighted by molar-refractivity contribution is 9.12. The molecule has 1 atom stereocenters. The zero-order chi connectivity index (χ0) is 7.40. The normalized spacial score (nSPS) is 13.0. The Morgan fingerprint density at radius 3 is 2.30 bits per heavy atom. The van der Waals surface area contributed by atoms with Crippen LogP contribution in [0.4, 0.5) is 0 Å². The maximum Gasteiger partial charge on any atom is 0.0492 e. The smallest absolute Gasteiger partial charge is 0.0492 e. The first kappa shape index (κ1) is 8.28. The molecule has 1 aromatic rings. The summed E-state index contributed by atoms with van der Waals surface area (Å²) in [5.74, 6) is 0. The van der Waals surface area contributed by atoms with Gasteiger partial charge in [0.15, 0.2) is 0 Å². The largest absolute Gasteiger partial charge is 0.0912 e. The fraction of sp³-hybridized carbons (Fsp3) is 0.250. The molecule has 0 fully saturated rings. The van der Waals surface area contributed by atoms with Crippen LogP contribution >= 0.6 is 31.9 Å². The van der Waals surface area contributed by atoms with E-state index in [4.69, 9.17) is 0 Å². The average molecular weight is 264 g/mol. The quantitative estimate of drug-likeness (QED) is 0.717. The molecule has 0 heterocycles. The molecule has 0 unspecified atom stereocenters. The minimum atomic E-state index is 0.439. The first-order valence-corrected chi connectivity index (χ1v) is 5.13. The predicted octanol–water partition coefficient (Wildman–Crippen LogP) is 3.52. The van der Waals surface area contributed by atoms with Crippen LogP contribution in [0.1, 0.15) is 10.4 Å². The van der Waals surface area contributed by atoms with E-state index in [9.17, 15) is 0 Å². The van der Waals surface area contributed by atoms with Crippen molar-refractivity contribution in [3.63, 3.8) is 0 Å². The molecule has 0 bridgehead atoms. The van der Waals surface area contributed by atoms with Gasteiger partial charge in [-0.1, -0.05) is 62.2 Å². The number of hydrogen-bond donors (Lipinski definition) is 0. The molecule has 1 aromatic carbocycles. The molecule has 0 amide bonds. The Hall–Kier alpha value is 0.180. The SMILES string of the molecule is BrC[C@H](Br)c1ccccc1. The summed E-state index contributed by atoms with van der Waals surface area (Å²) in [6.07, 6.45) is 0. The van der Waals surface area contributed by atoms with Crippen LogP contribution in [0, 0.1) is 0 Å². The standard InChI is InChI=1S/C8H8Br2/c9-6-8(10)7-4-2-1-3-5-7/h1-5,8H,6H2/t8-/m0/s1. The van der Waals surface area contributed by atoms with Crippen LogP contribution in [0.2, 0.25) is 0 Å². The van der Waals surface area contributed by atoms with Gasteiger partial charge < -0.3 is 0 Å². The molecule has 0 N–H and O–H groups in total. The monoisotopic (exact) mass is 262 g/mol. The highest BCUT2D eigenvalue weighted by atomic mass is 79.9. The number of halogens is 2. The molecule has 0 nitrogen and oxygen atoms in total. The molecule has 0 aromatic heterocycles. The molecule has 0 radical (unpaired) electrons. The first-order chi connectivity index (χ1) is 4.84. The van der Waals surface area contributed by atoms with Crippen molar-refractivity contribution in [1.82, 2.24) is 0 Å². The van der Waals surface area contributed by atoms with Gasteiger partial charge in [0, 0.05) is 10.2 Å². The van der Waals surface area contributed by atoms with Crippen molar-refractivity contribution in [1.29, 1.82) is 0 Å². The van der Waals surface area contributed by atoms with E-state index in [0.29, 0.717) is 4.83 Å². The average Bonchev–Trinajstić information content (AvgIpc) is 2.05. The Bertz CT molecular complexity index is 184. The number of alkyl halides is 2. The zero-order valence-corrected chi connectivity index (χ0v) is 8.60. The van der Waals surface area contributed by atoms with Crippen molar-refractivity contribution in [3.05, 3.63) is 35.9 Å². The summed E-state index contributed by atoms with van der Waals surface area (Å²) in [6.45, 7) is 0. The summed E-state index contributed by atoms with van der Waals surface area (Å²) >= 11 is 6.94. The van der Waals surface area contributed by atoms with Gasteiger partial charge in [-0.05, 0) is 5.56 Å².